The largest absolute Gasteiger partial charge is 0.458 e. The molecule has 0 bridgehead atoms. The molecule has 2 unspecified atom stereocenters. The second-order valence-electron chi connectivity index (χ2n) is 10.8. The minimum Gasteiger partial charge on any atom is -0.458 e. The third-order valence-electron chi connectivity index (χ3n) is 7.99. The molecule has 0 amide bonds. The van der Waals surface area contributed by atoms with Gasteiger partial charge in [0.05, 0.1) is 17.0 Å². The van der Waals surface area contributed by atoms with Crippen LogP contribution in [0.2, 0.25) is 0 Å². The lowest BCUT2D eigenvalue weighted by atomic mass is 9.70. The summed E-state index contributed by atoms with van der Waals surface area (Å²) >= 11 is 0. The Morgan fingerprint density at radius 3 is 2.17 bits per heavy atom. The first-order chi connectivity index (χ1) is 16.7. The van der Waals surface area contributed by atoms with Gasteiger partial charge in [-0.15, -0.1) is 0 Å². The number of allylic oxidation sites excluding steroid dienone is 1. The quantitative estimate of drug-likeness (QED) is 0.278. The molecule has 0 radical (unpaired) electrons. The average Bonchev–Trinajstić information content (AvgIpc) is 3.25. The number of esters is 1. The smallest absolute Gasteiger partial charge is 0.340 e. The zero-order chi connectivity index (χ0) is 25.7. The van der Waals surface area contributed by atoms with Gasteiger partial charge in [0.25, 0.3) is 0 Å². The van der Waals surface area contributed by atoms with Crippen molar-refractivity contribution < 1.29 is 14.3 Å². The number of carbonyl (C=O) groups excluding carboxylic acids is 2. The number of hydrogen-bond acceptors (Lipinski definition) is 4. The van der Waals surface area contributed by atoms with Gasteiger partial charge in [-0.05, 0) is 88.3 Å². The Morgan fingerprint density at radius 1 is 1.06 bits per heavy atom. The molecule has 2 heterocycles. The van der Waals surface area contributed by atoms with Crippen molar-refractivity contribution in [2.45, 2.75) is 106 Å². The topological polar surface area (TPSA) is 71.5 Å². The van der Waals surface area contributed by atoms with E-state index in [4.69, 9.17) is 9.73 Å². The van der Waals surface area contributed by atoms with Gasteiger partial charge in [0.15, 0.2) is 6.29 Å². The van der Waals surface area contributed by atoms with Crippen LogP contribution in [0.4, 0.5) is 0 Å². The van der Waals surface area contributed by atoms with Crippen LogP contribution in [0.25, 0.3) is 6.08 Å². The summed E-state index contributed by atoms with van der Waals surface area (Å²) in [6, 6.07) is 0. The molecule has 1 aromatic heterocycles. The van der Waals surface area contributed by atoms with Crippen molar-refractivity contribution in [2.75, 3.05) is 0 Å². The molecule has 0 spiro atoms. The molecule has 5 nitrogen and oxygen atoms in total. The first-order valence-corrected chi connectivity index (χ1v) is 13.6. The van der Waals surface area contributed by atoms with Crippen LogP contribution >= 0.6 is 0 Å². The van der Waals surface area contributed by atoms with E-state index in [1.807, 2.05) is 33.8 Å². The first kappa shape index (κ1) is 27.2. The highest BCUT2D eigenvalue weighted by molar-refractivity contribution is 6.22. The fourth-order valence-corrected chi connectivity index (χ4v) is 6.06. The zero-order valence-corrected chi connectivity index (χ0v) is 22.8. The second kappa shape index (κ2) is 12.0. The number of hydrogen-bond donors (Lipinski definition) is 1. The third kappa shape index (κ3) is 6.05. The minimum absolute atomic E-state index is 0.0126. The summed E-state index contributed by atoms with van der Waals surface area (Å²) in [4.78, 5) is 33.0. The van der Waals surface area contributed by atoms with Gasteiger partial charge >= 0.3 is 5.97 Å². The van der Waals surface area contributed by atoms with E-state index in [0.29, 0.717) is 34.6 Å². The number of nitrogens with zero attached hydrogens (tertiary/aromatic N) is 1. The van der Waals surface area contributed by atoms with Gasteiger partial charge in [0.2, 0.25) is 0 Å². The van der Waals surface area contributed by atoms with E-state index >= 15 is 0 Å². The standard InChI is InChI=1S/C30H44N2O3/c1-8-10-12-23-14-18(3)15-24(13-11-9-2)29(23)35-30(34)28-20(5)27(32-22(28)7)16-26-19(4)25(17-33)21(6)31-26/h16-18,23-24,29,31H,8-15H2,1-7H3/b27-16-. The molecule has 0 saturated heterocycles. The van der Waals surface area contributed by atoms with Gasteiger partial charge in [-0.3, -0.25) is 9.79 Å². The molecule has 35 heavy (non-hydrogen) atoms. The summed E-state index contributed by atoms with van der Waals surface area (Å²) in [5.74, 6) is 1.32. The second-order valence-corrected chi connectivity index (χ2v) is 10.8. The summed E-state index contributed by atoms with van der Waals surface area (Å²) in [5.41, 5.74) is 6.15. The molecular formula is C30H44N2O3. The summed E-state index contributed by atoms with van der Waals surface area (Å²) in [6.45, 7) is 14.5. The molecule has 2 aliphatic rings. The molecule has 3 rings (SSSR count). The maximum absolute atomic E-state index is 13.6. The summed E-state index contributed by atoms with van der Waals surface area (Å²) in [5, 5.41) is 0. The van der Waals surface area contributed by atoms with E-state index in [2.05, 4.69) is 25.8 Å². The number of carbonyl (C=O) groups is 2. The van der Waals surface area contributed by atoms with Crippen LogP contribution < -0.4 is 0 Å². The van der Waals surface area contributed by atoms with Crippen molar-refractivity contribution in [1.82, 2.24) is 4.98 Å². The number of aromatic nitrogens is 1. The van der Waals surface area contributed by atoms with Crippen molar-refractivity contribution in [3.05, 3.63) is 39.4 Å². The van der Waals surface area contributed by atoms with Crippen molar-refractivity contribution >= 4 is 24.0 Å². The number of ether oxygens (including phenoxy) is 1. The van der Waals surface area contributed by atoms with Gasteiger partial charge in [0.1, 0.15) is 6.10 Å². The molecule has 2 atom stereocenters. The van der Waals surface area contributed by atoms with Crippen LogP contribution in [0, 0.1) is 31.6 Å². The Hall–Kier alpha value is -2.43. The Bertz CT molecular complexity index is 1010. The van der Waals surface area contributed by atoms with Gasteiger partial charge in [-0.1, -0.05) is 46.5 Å². The van der Waals surface area contributed by atoms with Crippen LogP contribution in [-0.4, -0.2) is 29.1 Å². The molecule has 1 aromatic rings. The molecule has 1 fully saturated rings. The fraction of sp³-hybridized carbons (Fsp3) is 0.633. The Morgan fingerprint density at radius 2 is 1.66 bits per heavy atom. The van der Waals surface area contributed by atoms with Crippen LogP contribution in [0.1, 0.15) is 113 Å². The number of aldehydes is 1. The Balaban J connectivity index is 1.87. The van der Waals surface area contributed by atoms with Crippen LogP contribution in [0.15, 0.2) is 21.8 Å². The van der Waals surface area contributed by atoms with E-state index in [1.165, 1.54) is 25.7 Å². The Kier molecular flexibility index (Phi) is 9.32. The van der Waals surface area contributed by atoms with Crippen LogP contribution in [-0.2, 0) is 9.53 Å². The van der Waals surface area contributed by atoms with Gasteiger partial charge in [-0.2, -0.15) is 0 Å². The fourth-order valence-electron chi connectivity index (χ4n) is 6.06. The predicted molar refractivity (Wildman–Crippen MR) is 144 cm³/mol. The molecule has 1 N–H and O–H groups in total. The van der Waals surface area contributed by atoms with E-state index in [1.54, 1.807) is 0 Å². The number of aryl methyl sites for hydroxylation is 1. The number of unbranched alkanes of at least 4 members (excludes halogenated alkanes) is 2. The third-order valence-corrected chi connectivity index (χ3v) is 7.99. The monoisotopic (exact) mass is 480 g/mol. The maximum atomic E-state index is 13.6. The van der Waals surface area contributed by atoms with Crippen molar-refractivity contribution in [1.29, 1.82) is 0 Å². The Labute approximate surface area is 211 Å². The zero-order valence-electron chi connectivity index (χ0n) is 22.8. The highest BCUT2D eigenvalue weighted by atomic mass is 16.5. The highest BCUT2D eigenvalue weighted by Gasteiger charge is 2.39. The molecule has 0 aromatic carbocycles. The summed E-state index contributed by atoms with van der Waals surface area (Å²) < 4.78 is 6.39. The molecule has 1 saturated carbocycles. The highest BCUT2D eigenvalue weighted by Crippen LogP contribution is 2.41. The number of rotatable bonds is 10. The lowest BCUT2D eigenvalue weighted by molar-refractivity contribution is -0.154. The van der Waals surface area contributed by atoms with E-state index < -0.39 is 0 Å². The van der Waals surface area contributed by atoms with Crippen LogP contribution in [0.5, 0.6) is 0 Å². The lowest BCUT2D eigenvalue weighted by Crippen LogP contribution is -2.40. The molecule has 5 heteroatoms. The SMILES string of the molecule is CCCCC1CC(C)CC(CCCC)C1OC(=O)C1=C(C)/C(=C/c2[nH]c(C)c(C=O)c2C)N=C1C. The summed E-state index contributed by atoms with van der Waals surface area (Å²) in [7, 11) is 0. The number of aliphatic imine (C=N–C) groups is 1. The number of H-pyrrole nitrogens is 1. The van der Waals surface area contributed by atoms with Crippen LogP contribution in [0.3, 0.4) is 0 Å². The maximum Gasteiger partial charge on any atom is 0.340 e. The van der Waals surface area contributed by atoms with Gasteiger partial charge in [-0.25, -0.2) is 4.79 Å². The lowest BCUT2D eigenvalue weighted by Gasteiger charge is -2.41. The minimum atomic E-state index is -0.234. The number of aromatic amines is 1. The molecule has 1 aliphatic heterocycles. The molecular weight excluding hydrogens is 436 g/mol. The van der Waals surface area contributed by atoms with Crippen molar-refractivity contribution in [3.8, 4) is 0 Å². The van der Waals surface area contributed by atoms with Crippen molar-refractivity contribution in [3.63, 3.8) is 0 Å². The van der Waals surface area contributed by atoms with Gasteiger partial charge < -0.3 is 9.72 Å². The van der Waals surface area contributed by atoms with E-state index in [9.17, 15) is 9.59 Å². The number of nitrogens with one attached hydrogen (secondary N) is 1. The van der Waals surface area contributed by atoms with E-state index in [0.717, 1.165) is 60.2 Å². The van der Waals surface area contributed by atoms with Gasteiger partial charge in [0, 0.05) is 17.0 Å². The van der Waals surface area contributed by atoms with E-state index in [-0.39, 0.29) is 12.1 Å². The normalized spacial score (nSPS) is 25.8. The molecule has 1 aliphatic carbocycles. The summed E-state index contributed by atoms with van der Waals surface area (Å²) in [6.07, 6.45) is 12.0. The average molecular weight is 481 g/mol. The predicted octanol–water partition coefficient (Wildman–Crippen LogP) is 7.53. The first-order valence-electron chi connectivity index (χ1n) is 13.6. The molecule has 192 valence electrons. The van der Waals surface area contributed by atoms with Crippen molar-refractivity contribution in [2.24, 2.45) is 22.7 Å².